The van der Waals surface area contributed by atoms with E-state index in [9.17, 15) is 19.2 Å². The van der Waals surface area contributed by atoms with Crippen molar-refractivity contribution in [2.24, 2.45) is 0 Å². The maximum atomic E-state index is 12.0. The number of ether oxygens (including phenoxy) is 2. The molecule has 11 nitrogen and oxygen atoms in total. The van der Waals surface area contributed by atoms with Crippen LogP contribution in [0.5, 0.6) is 0 Å². The van der Waals surface area contributed by atoms with Crippen molar-refractivity contribution in [1.82, 2.24) is 9.97 Å². The lowest BCUT2D eigenvalue weighted by atomic mass is 10.1. The molecule has 2 N–H and O–H groups in total. The molecule has 1 aromatic rings. The third kappa shape index (κ3) is 6.98. The molecule has 0 bridgehead atoms. The van der Waals surface area contributed by atoms with Crippen LogP contribution in [0.15, 0.2) is 6.07 Å². The number of hydrogen-bond acceptors (Lipinski definition) is 9. The SMILES string of the molecule is CCCOC(=O)C(=O)Nc1cc(N2CCCCC2)nc(NC(=O)C(=O)OCCC)n1. The molecule has 164 valence electrons. The van der Waals surface area contributed by atoms with Gasteiger partial charge in [0.05, 0.1) is 13.2 Å². The van der Waals surface area contributed by atoms with E-state index in [1.807, 2.05) is 4.90 Å². The quantitative estimate of drug-likeness (QED) is 0.491. The van der Waals surface area contributed by atoms with Gasteiger partial charge in [-0.25, -0.2) is 9.59 Å². The van der Waals surface area contributed by atoms with Crippen molar-refractivity contribution in [2.75, 3.05) is 41.8 Å². The fraction of sp³-hybridized carbons (Fsp3) is 0.579. The summed E-state index contributed by atoms with van der Waals surface area (Å²) in [6.45, 7) is 5.33. The Morgan fingerprint density at radius 1 is 0.900 bits per heavy atom. The highest BCUT2D eigenvalue weighted by Gasteiger charge is 2.22. The molecule has 0 aromatic carbocycles. The van der Waals surface area contributed by atoms with Gasteiger partial charge in [0.25, 0.3) is 0 Å². The summed E-state index contributed by atoms with van der Waals surface area (Å²) in [6.07, 6.45) is 4.20. The maximum absolute atomic E-state index is 12.0. The van der Waals surface area contributed by atoms with Gasteiger partial charge in [0.1, 0.15) is 11.6 Å². The molecule has 0 atom stereocenters. The number of anilines is 3. The van der Waals surface area contributed by atoms with Gasteiger partial charge in [0.2, 0.25) is 5.95 Å². The predicted molar refractivity (Wildman–Crippen MR) is 108 cm³/mol. The van der Waals surface area contributed by atoms with Crippen LogP contribution in [0.1, 0.15) is 46.0 Å². The minimum atomic E-state index is -1.06. The van der Waals surface area contributed by atoms with Gasteiger partial charge in [-0.3, -0.25) is 14.9 Å². The zero-order valence-electron chi connectivity index (χ0n) is 17.2. The van der Waals surface area contributed by atoms with Crippen molar-refractivity contribution in [3.8, 4) is 0 Å². The van der Waals surface area contributed by atoms with Crippen molar-refractivity contribution < 1.29 is 28.7 Å². The summed E-state index contributed by atoms with van der Waals surface area (Å²) in [5.74, 6) is -3.85. The van der Waals surface area contributed by atoms with E-state index in [2.05, 4.69) is 20.6 Å². The lowest BCUT2D eigenvalue weighted by Crippen LogP contribution is -2.32. The molecular weight excluding hydrogens is 394 g/mol. The topological polar surface area (TPSA) is 140 Å². The van der Waals surface area contributed by atoms with Crippen molar-refractivity contribution in [1.29, 1.82) is 0 Å². The third-order valence-corrected chi connectivity index (χ3v) is 4.10. The molecule has 1 fully saturated rings. The van der Waals surface area contributed by atoms with Gasteiger partial charge >= 0.3 is 23.8 Å². The number of esters is 2. The van der Waals surface area contributed by atoms with E-state index in [1.165, 1.54) is 6.07 Å². The summed E-state index contributed by atoms with van der Waals surface area (Å²) < 4.78 is 9.59. The van der Waals surface area contributed by atoms with E-state index in [0.29, 0.717) is 18.7 Å². The molecule has 0 radical (unpaired) electrons. The number of hydrogen-bond donors (Lipinski definition) is 2. The van der Waals surface area contributed by atoms with Crippen molar-refractivity contribution in [3.63, 3.8) is 0 Å². The summed E-state index contributed by atoms with van der Waals surface area (Å²) >= 11 is 0. The molecule has 1 aliphatic rings. The Hall–Kier alpha value is -3.24. The first-order valence-electron chi connectivity index (χ1n) is 10.0. The lowest BCUT2D eigenvalue weighted by molar-refractivity contribution is -0.152. The van der Waals surface area contributed by atoms with E-state index in [0.717, 1.165) is 32.4 Å². The largest absolute Gasteiger partial charge is 0.459 e. The fourth-order valence-corrected chi connectivity index (χ4v) is 2.68. The number of piperidine rings is 1. The van der Waals surface area contributed by atoms with E-state index in [-0.39, 0.29) is 25.0 Å². The van der Waals surface area contributed by atoms with Gasteiger partial charge in [-0.05, 0) is 32.1 Å². The first kappa shape index (κ1) is 23.0. The first-order chi connectivity index (χ1) is 14.4. The second kappa shape index (κ2) is 11.7. The van der Waals surface area contributed by atoms with Crippen LogP contribution in [-0.4, -0.2) is 60.0 Å². The van der Waals surface area contributed by atoms with Crippen LogP contribution >= 0.6 is 0 Å². The minimum Gasteiger partial charge on any atom is -0.459 e. The molecule has 1 aromatic heterocycles. The van der Waals surface area contributed by atoms with Crippen molar-refractivity contribution in [2.45, 2.75) is 46.0 Å². The van der Waals surface area contributed by atoms with E-state index < -0.39 is 23.8 Å². The van der Waals surface area contributed by atoms with Crippen LogP contribution in [0.2, 0.25) is 0 Å². The summed E-state index contributed by atoms with van der Waals surface area (Å²) in [7, 11) is 0. The second-order valence-corrected chi connectivity index (χ2v) is 6.66. The molecule has 0 unspecified atom stereocenters. The van der Waals surface area contributed by atoms with Crippen LogP contribution in [0.25, 0.3) is 0 Å². The highest BCUT2D eigenvalue weighted by Crippen LogP contribution is 2.22. The zero-order chi connectivity index (χ0) is 21.9. The molecule has 0 saturated carbocycles. The number of nitrogens with zero attached hydrogens (tertiary/aromatic N) is 3. The van der Waals surface area contributed by atoms with Crippen molar-refractivity contribution in [3.05, 3.63) is 6.07 Å². The maximum Gasteiger partial charge on any atom is 0.397 e. The van der Waals surface area contributed by atoms with E-state index >= 15 is 0 Å². The average molecular weight is 421 g/mol. The van der Waals surface area contributed by atoms with E-state index in [4.69, 9.17) is 9.47 Å². The normalized spacial score (nSPS) is 13.3. The average Bonchev–Trinajstić information content (AvgIpc) is 2.76. The summed E-state index contributed by atoms with van der Waals surface area (Å²) in [5.41, 5.74) is 0. The van der Waals surface area contributed by atoms with Gasteiger partial charge in [0.15, 0.2) is 0 Å². The van der Waals surface area contributed by atoms with Gasteiger partial charge in [0, 0.05) is 19.2 Å². The summed E-state index contributed by atoms with van der Waals surface area (Å²) in [6, 6.07) is 1.50. The monoisotopic (exact) mass is 421 g/mol. The fourth-order valence-electron chi connectivity index (χ4n) is 2.68. The molecule has 11 heteroatoms. The van der Waals surface area contributed by atoms with Gasteiger partial charge in [-0.15, -0.1) is 0 Å². The smallest absolute Gasteiger partial charge is 0.397 e. The highest BCUT2D eigenvalue weighted by atomic mass is 16.5. The molecule has 0 spiro atoms. The van der Waals surface area contributed by atoms with Crippen LogP contribution in [0, 0.1) is 0 Å². The number of rotatable bonds is 7. The minimum absolute atomic E-state index is 0.00116. The molecule has 30 heavy (non-hydrogen) atoms. The molecule has 0 aliphatic carbocycles. The Balaban J connectivity index is 2.19. The third-order valence-electron chi connectivity index (χ3n) is 4.10. The number of aromatic nitrogens is 2. The van der Waals surface area contributed by atoms with Crippen molar-refractivity contribution >= 4 is 41.3 Å². The Morgan fingerprint density at radius 2 is 1.47 bits per heavy atom. The van der Waals surface area contributed by atoms with Gasteiger partial charge < -0.3 is 19.7 Å². The highest BCUT2D eigenvalue weighted by molar-refractivity contribution is 6.37. The van der Waals surface area contributed by atoms with Gasteiger partial charge in [-0.1, -0.05) is 13.8 Å². The molecule has 1 saturated heterocycles. The summed E-state index contributed by atoms with van der Waals surface area (Å²) in [4.78, 5) is 57.8. The van der Waals surface area contributed by atoms with Gasteiger partial charge in [-0.2, -0.15) is 9.97 Å². The Labute approximate surface area is 174 Å². The molecular formula is C19H27N5O6. The molecule has 2 amide bonds. The molecule has 2 rings (SSSR count). The first-order valence-corrected chi connectivity index (χ1v) is 10.0. The number of carbonyl (C=O) groups is 4. The summed E-state index contributed by atoms with van der Waals surface area (Å²) in [5, 5.41) is 4.63. The molecule has 2 heterocycles. The Kier molecular flexibility index (Phi) is 8.98. The van der Waals surface area contributed by atoms with E-state index in [1.54, 1.807) is 13.8 Å². The zero-order valence-corrected chi connectivity index (χ0v) is 17.2. The molecule has 1 aliphatic heterocycles. The Morgan fingerprint density at radius 3 is 2.03 bits per heavy atom. The van der Waals surface area contributed by atoms with Crippen LogP contribution in [0.4, 0.5) is 17.6 Å². The second-order valence-electron chi connectivity index (χ2n) is 6.66. The number of amides is 2. The van der Waals surface area contributed by atoms with Crippen LogP contribution in [0.3, 0.4) is 0 Å². The Bertz CT molecular complexity index is 726. The lowest BCUT2D eigenvalue weighted by Gasteiger charge is -2.28. The number of nitrogens with one attached hydrogen (secondary N) is 2. The van der Waals surface area contributed by atoms with Crippen LogP contribution < -0.4 is 15.5 Å². The number of carbonyl (C=O) groups excluding carboxylic acids is 4. The van der Waals surface area contributed by atoms with Crippen LogP contribution in [-0.2, 0) is 28.7 Å². The standard InChI is InChI=1S/C19H27N5O6/c1-3-10-29-17(27)15(25)20-13-12-14(24-8-6-5-7-9-24)22-19(21-13)23-16(26)18(28)30-11-4-2/h12H,3-11H2,1-2H3,(H2,20,21,22,23,25,26). The predicted octanol–water partition coefficient (Wildman–Crippen LogP) is 1.25.